The van der Waals surface area contributed by atoms with Gasteiger partial charge in [-0.2, -0.15) is 0 Å². The van der Waals surface area contributed by atoms with Crippen molar-refractivity contribution in [3.63, 3.8) is 0 Å². The summed E-state index contributed by atoms with van der Waals surface area (Å²) >= 11 is 0. The highest BCUT2D eigenvalue weighted by atomic mass is 16.2. The van der Waals surface area contributed by atoms with Gasteiger partial charge in [0, 0.05) is 5.69 Å². The Balaban J connectivity index is 1.85. The molecule has 1 aliphatic rings. The Kier molecular flexibility index (Phi) is 4.77. The van der Waals surface area contributed by atoms with E-state index in [1.807, 2.05) is 81.4 Å². The molecule has 0 saturated carbocycles. The largest absolute Gasteiger partial charge is 0.350 e. The van der Waals surface area contributed by atoms with Crippen LogP contribution in [0.1, 0.15) is 22.3 Å². The van der Waals surface area contributed by atoms with Crippen LogP contribution >= 0.6 is 0 Å². The zero-order valence-electron chi connectivity index (χ0n) is 16.7. The van der Waals surface area contributed by atoms with Crippen LogP contribution in [-0.4, -0.2) is 11.8 Å². The van der Waals surface area contributed by atoms with Gasteiger partial charge < -0.3 is 5.32 Å². The second-order valence-corrected chi connectivity index (χ2v) is 7.32. The Hall–Kier alpha value is -3.66. The third-order valence-corrected chi connectivity index (χ3v) is 5.18. The second kappa shape index (κ2) is 7.40. The number of nitrogens with zero attached hydrogens (tertiary/aromatic N) is 1. The molecular weight excluding hydrogens is 360 g/mol. The number of imide groups is 1. The molecule has 29 heavy (non-hydrogen) atoms. The topological polar surface area (TPSA) is 49.4 Å². The van der Waals surface area contributed by atoms with E-state index >= 15 is 0 Å². The summed E-state index contributed by atoms with van der Waals surface area (Å²) in [5.74, 6) is -0.671. The van der Waals surface area contributed by atoms with Crippen molar-refractivity contribution in [1.82, 2.24) is 0 Å². The summed E-state index contributed by atoms with van der Waals surface area (Å²) in [6.07, 6.45) is 0. The van der Waals surface area contributed by atoms with Crippen LogP contribution in [0.25, 0.3) is 5.57 Å². The number of hydrogen-bond acceptors (Lipinski definition) is 3. The van der Waals surface area contributed by atoms with Crippen molar-refractivity contribution < 1.29 is 9.59 Å². The molecule has 1 heterocycles. The van der Waals surface area contributed by atoms with Gasteiger partial charge in [-0.25, -0.2) is 4.90 Å². The monoisotopic (exact) mass is 382 g/mol. The zero-order chi connectivity index (χ0) is 20.5. The number of aryl methyl sites for hydroxylation is 3. The Morgan fingerprint density at radius 2 is 1.48 bits per heavy atom. The molecule has 0 saturated heterocycles. The van der Waals surface area contributed by atoms with Gasteiger partial charge in [-0.05, 0) is 67.3 Å². The number of hydrogen-bond donors (Lipinski definition) is 1. The van der Waals surface area contributed by atoms with E-state index in [-0.39, 0.29) is 11.8 Å². The van der Waals surface area contributed by atoms with Gasteiger partial charge in [0.25, 0.3) is 11.8 Å². The fraction of sp³-hybridized carbons (Fsp3) is 0.120. The predicted molar refractivity (Wildman–Crippen MR) is 117 cm³/mol. The lowest BCUT2D eigenvalue weighted by Gasteiger charge is -2.15. The maximum Gasteiger partial charge on any atom is 0.282 e. The van der Waals surface area contributed by atoms with Gasteiger partial charge in [0.2, 0.25) is 0 Å². The van der Waals surface area contributed by atoms with Crippen LogP contribution in [0, 0.1) is 20.8 Å². The van der Waals surface area contributed by atoms with E-state index in [0.717, 1.165) is 27.9 Å². The van der Waals surface area contributed by atoms with Gasteiger partial charge >= 0.3 is 0 Å². The molecule has 4 nitrogen and oxygen atoms in total. The van der Waals surface area contributed by atoms with Gasteiger partial charge in [-0.1, -0.05) is 48.5 Å². The Bertz CT molecular complexity index is 1150. The number of benzene rings is 3. The average Bonchev–Trinajstić information content (AvgIpc) is 2.94. The Labute approximate surface area is 170 Å². The normalized spacial score (nSPS) is 14.0. The molecule has 1 aliphatic heterocycles. The highest BCUT2D eigenvalue weighted by molar-refractivity contribution is 6.46. The molecule has 144 valence electrons. The van der Waals surface area contributed by atoms with Crippen molar-refractivity contribution in [2.75, 3.05) is 10.2 Å². The smallest absolute Gasteiger partial charge is 0.282 e. The molecule has 3 aromatic rings. The molecule has 3 aromatic carbocycles. The van der Waals surface area contributed by atoms with E-state index in [4.69, 9.17) is 0 Å². The molecule has 0 aromatic heterocycles. The van der Waals surface area contributed by atoms with E-state index in [9.17, 15) is 9.59 Å². The molecule has 0 unspecified atom stereocenters. The lowest BCUT2D eigenvalue weighted by atomic mass is 9.99. The molecule has 1 N–H and O–H groups in total. The summed E-state index contributed by atoms with van der Waals surface area (Å²) in [5.41, 5.74) is 6.04. The number of carbonyl (C=O) groups excluding carboxylic acids is 2. The van der Waals surface area contributed by atoms with Crippen LogP contribution in [0.4, 0.5) is 11.4 Å². The first kappa shape index (κ1) is 18.7. The van der Waals surface area contributed by atoms with E-state index < -0.39 is 0 Å². The number of para-hydroxylation sites is 1. The molecule has 4 heteroatoms. The lowest BCUT2D eigenvalue weighted by Crippen LogP contribution is -2.32. The molecule has 0 atom stereocenters. The summed E-state index contributed by atoms with van der Waals surface area (Å²) < 4.78 is 0. The molecule has 2 amide bonds. The van der Waals surface area contributed by atoms with Gasteiger partial charge in [0.1, 0.15) is 5.70 Å². The van der Waals surface area contributed by atoms with E-state index in [1.165, 1.54) is 4.90 Å². The van der Waals surface area contributed by atoms with Gasteiger partial charge in [0.15, 0.2) is 0 Å². The summed E-state index contributed by atoms with van der Waals surface area (Å²) in [4.78, 5) is 28.0. The van der Waals surface area contributed by atoms with E-state index in [1.54, 1.807) is 12.1 Å². The van der Waals surface area contributed by atoms with Crippen molar-refractivity contribution in [3.05, 3.63) is 101 Å². The number of carbonyl (C=O) groups is 2. The van der Waals surface area contributed by atoms with Gasteiger partial charge in [-0.15, -0.1) is 0 Å². The fourth-order valence-electron chi connectivity index (χ4n) is 3.49. The minimum absolute atomic E-state index is 0.299. The molecule has 0 radical (unpaired) electrons. The standard InChI is InChI=1S/C25H22N2O2/c1-16-8-7-9-20(14-16)26-23-22(19-13-12-17(2)18(3)15-19)24(28)27(25(23)29)21-10-5-4-6-11-21/h4-15,26H,1-3H3. The van der Waals surface area contributed by atoms with Crippen molar-refractivity contribution in [1.29, 1.82) is 0 Å². The van der Waals surface area contributed by atoms with Crippen LogP contribution < -0.4 is 10.2 Å². The van der Waals surface area contributed by atoms with Crippen LogP contribution in [0.15, 0.2) is 78.5 Å². The Morgan fingerprint density at radius 3 is 2.17 bits per heavy atom. The number of nitrogens with one attached hydrogen (secondary N) is 1. The van der Waals surface area contributed by atoms with Crippen molar-refractivity contribution in [2.24, 2.45) is 0 Å². The summed E-state index contributed by atoms with van der Waals surface area (Å²) in [6.45, 7) is 6.02. The summed E-state index contributed by atoms with van der Waals surface area (Å²) in [7, 11) is 0. The molecular formula is C25H22N2O2. The van der Waals surface area contributed by atoms with Crippen LogP contribution in [-0.2, 0) is 9.59 Å². The van der Waals surface area contributed by atoms with E-state index in [2.05, 4.69) is 5.32 Å². The highest BCUT2D eigenvalue weighted by Gasteiger charge is 2.40. The average molecular weight is 382 g/mol. The molecule has 0 aliphatic carbocycles. The number of rotatable bonds is 4. The minimum atomic E-state index is -0.351. The quantitative estimate of drug-likeness (QED) is 0.646. The number of amides is 2. The maximum absolute atomic E-state index is 13.4. The van der Waals surface area contributed by atoms with Gasteiger partial charge in [0.05, 0.1) is 11.3 Å². The van der Waals surface area contributed by atoms with Crippen LogP contribution in [0.3, 0.4) is 0 Å². The number of anilines is 2. The zero-order valence-corrected chi connectivity index (χ0v) is 16.7. The van der Waals surface area contributed by atoms with Crippen LogP contribution in [0.2, 0.25) is 0 Å². The Morgan fingerprint density at radius 1 is 0.724 bits per heavy atom. The maximum atomic E-state index is 13.4. The lowest BCUT2D eigenvalue weighted by molar-refractivity contribution is -0.120. The predicted octanol–water partition coefficient (Wildman–Crippen LogP) is 5.01. The fourth-order valence-corrected chi connectivity index (χ4v) is 3.49. The third-order valence-electron chi connectivity index (χ3n) is 5.18. The molecule has 0 bridgehead atoms. The second-order valence-electron chi connectivity index (χ2n) is 7.32. The van der Waals surface area contributed by atoms with Crippen molar-refractivity contribution in [3.8, 4) is 0 Å². The molecule has 4 rings (SSSR count). The van der Waals surface area contributed by atoms with Crippen molar-refractivity contribution in [2.45, 2.75) is 20.8 Å². The van der Waals surface area contributed by atoms with E-state index in [0.29, 0.717) is 17.0 Å². The van der Waals surface area contributed by atoms with Gasteiger partial charge in [-0.3, -0.25) is 9.59 Å². The highest BCUT2D eigenvalue weighted by Crippen LogP contribution is 2.34. The SMILES string of the molecule is Cc1cccc(NC2=C(c3ccc(C)c(C)c3)C(=O)N(c3ccccc3)C2=O)c1. The first-order chi connectivity index (χ1) is 14.0. The third kappa shape index (κ3) is 3.45. The van der Waals surface area contributed by atoms with Crippen molar-refractivity contribution >= 4 is 28.8 Å². The summed E-state index contributed by atoms with van der Waals surface area (Å²) in [5, 5.41) is 3.21. The first-order valence-corrected chi connectivity index (χ1v) is 9.55. The molecule has 0 fully saturated rings. The summed E-state index contributed by atoms with van der Waals surface area (Å²) in [6, 6.07) is 22.6. The molecule has 0 spiro atoms. The minimum Gasteiger partial charge on any atom is -0.350 e. The van der Waals surface area contributed by atoms with Crippen LogP contribution in [0.5, 0.6) is 0 Å². The first-order valence-electron chi connectivity index (χ1n) is 9.55.